The molecule has 0 atom stereocenters. The Morgan fingerprint density at radius 1 is 1.22 bits per heavy atom. The molecular weight excluding hydrogens is 298 g/mol. The van der Waals surface area contributed by atoms with Gasteiger partial charge in [-0.3, -0.25) is 9.59 Å². The maximum Gasteiger partial charge on any atom is 0.335 e. The lowest BCUT2D eigenvalue weighted by molar-refractivity contribution is 0.0696. The largest absolute Gasteiger partial charge is 0.478 e. The predicted molar refractivity (Wildman–Crippen MR) is 83.8 cm³/mol. The van der Waals surface area contributed by atoms with E-state index in [0.29, 0.717) is 24.2 Å². The van der Waals surface area contributed by atoms with Gasteiger partial charge < -0.3 is 10.4 Å². The van der Waals surface area contributed by atoms with Crippen LogP contribution in [0.5, 0.6) is 0 Å². The van der Waals surface area contributed by atoms with E-state index in [1.54, 1.807) is 26.0 Å². The number of amides is 1. The van der Waals surface area contributed by atoms with Gasteiger partial charge >= 0.3 is 5.97 Å². The minimum atomic E-state index is -0.979. The van der Waals surface area contributed by atoms with E-state index in [0.717, 1.165) is 5.56 Å². The summed E-state index contributed by atoms with van der Waals surface area (Å²) in [6, 6.07) is 6.43. The highest BCUT2D eigenvalue weighted by Crippen LogP contribution is 2.06. The molecule has 0 unspecified atom stereocenters. The minimum absolute atomic E-state index is 0.0683. The first-order valence-corrected chi connectivity index (χ1v) is 7.06. The zero-order valence-electron chi connectivity index (χ0n) is 12.8. The average Bonchev–Trinajstić information content (AvgIpc) is 2.52. The van der Waals surface area contributed by atoms with Crippen molar-refractivity contribution in [1.82, 2.24) is 15.5 Å². The molecule has 1 amide bonds. The highest BCUT2D eigenvalue weighted by molar-refractivity contribution is 5.95. The topological polar surface area (TPSA) is 112 Å². The Morgan fingerprint density at radius 3 is 2.48 bits per heavy atom. The molecule has 0 aliphatic carbocycles. The molecule has 2 aromatic rings. The number of carbonyl (C=O) groups is 2. The molecule has 7 nitrogen and oxygen atoms in total. The van der Waals surface area contributed by atoms with E-state index in [2.05, 4.69) is 15.5 Å². The van der Waals surface area contributed by atoms with Gasteiger partial charge in [-0.1, -0.05) is 12.1 Å². The molecule has 0 aliphatic rings. The molecule has 7 heteroatoms. The molecule has 1 heterocycles. The summed E-state index contributed by atoms with van der Waals surface area (Å²) in [6.07, 6.45) is 0.534. The molecular formula is C16H17N3O4. The Bertz CT molecular complexity index is 794. The van der Waals surface area contributed by atoms with Gasteiger partial charge in [0, 0.05) is 6.54 Å². The number of carboxylic acids is 1. The lowest BCUT2D eigenvalue weighted by atomic mass is 10.1. The third-order valence-electron chi connectivity index (χ3n) is 3.60. The Kier molecular flexibility index (Phi) is 4.90. The Balaban J connectivity index is 1.99. The number of aryl methyl sites for hydroxylation is 1. The number of aromatic carboxylic acids is 1. The molecule has 0 saturated carbocycles. The average molecular weight is 315 g/mol. The molecule has 0 spiro atoms. The summed E-state index contributed by atoms with van der Waals surface area (Å²) in [4.78, 5) is 34.6. The molecule has 0 radical (unpaired) electrons. The number of benzene rings is 1. The first-order valence-electron chi connectivity index (χ1n) is 7.06. The number of aromatic amines is 1. The molecule has 1 aromatic carbocycles. The number of carboxylic acid groups (broad SMARTS) is 1. The van der Waals surface area contributed by atoms with Gasteiger partial charge in [0.1, 0.15) is 5.56 Å². The third-order valence-corrected chi connectivity index (χ3v) is 3.60. The number of H-pyrrole nitrogens is 1. The Labute approximate surface area is 132 Å². The first kappa shape index (κ1) is 16.4. The fourth-order valence-electron chi connectivity index (χ4n) is 2.12. The lowest BCUT2D eigenvalue weighted by Gasteiger charge is -2.08. The van der Waals surface area contributed by atoms with Crippen molar-refractivity contribution in [3.8, 4) is 0 Å². The van der Waals surface area contributed by atoms with E-state index in [1.807, 2.05) is 0 Å². The van der Waals surface area contributed by atoms with Crippen LogP contribution in [-0.2, 0) is 6.42 Å². The van der Waals surface area contributed by atoms with E-state index >= 15 is 0 Å². The van der Waals surface area contributed by atoms with Crippen LogP contribution in [0.4, 0.5) is 0 Å². The third kappa shape index (κ3) is 3.82. The Hall–Kier alpha value is -2.96. The van der Waals surface area contributed by atoms with E-state index in [1.165, 1.54) is 12.1 Å². The lowest BCUT2D eigenvalue weighted by Crippen LogP contribution is -2.33. The van der Waals surface area contributed by atoms with E-state index in [-0.39, 0.29) is 11.1 Å². The van der Waals surface area contributed by atoms with Gasteiger partial charge in [0.05, 0.1) is 11.3 Å². The second-order valence-electron chi connectivity index (χ2n) is 5.15. The summed E-state index contributed by atoms with van der Waals surface area (Å²) in [5, 5.41) is 17.6. The van der Waals surface area contributed by atoms with E-state index < -0.39 is 17.4 Å². The number of nitrogens with one attached hydrogen (secondary N) is 2. The van der Waals surface area contributed by atoms with Gasteiger partial charge in [-0.2, -0.15) is 5.10 Å². The van der Waals surface area contributed by atoms with Gasteiger partial charge in [0.15, 0.2) is 0 Å². The molecule has 2 rings (SSSR count). The normalized spacial score (nSPS) is 10.3. The molecule has 0 saturated heterocycles. The molecule has 0 aliphatic heterocycles. The number of carbonyl (C=O) groups excluding carboxylic acids is 1. The smallest absolute Gasteiger partial charge is 0.335 e. The summed E-state index contributed by atoms with van der Waals surface area (Å²) in [6.45, 7) is 3.73. The highest BCUT2D eigenvalue weighted by atomic mass is 16.4. The summed E-state index contributed by atoms with van der Waals surface area (Å²) >= 11 is 0. The van der Waals surface area contributed by atoms with Crippen LogP contribution >= 0.6 is 0 Å². The number of hydrogen-bond acceptors (Lipinski definition) is 4. The molecule has 1 aromatic heterocycles. The van der Waals surface area contributed by atoms with Crippen molar-refractivity contribution in [2.24, 2.45) is 0 Å². The van der Waals surface area contributed by atoms with Crippen molar-refractivity contribution in [3.05, 3.63) is 62.6 Å². The SMILES string of the molecule is Cc1n[nH]c(=O)c(C(=O)NCCc2ccc(C(=O)O)cc2)c1C. The van der Waals surface area contributed by atoms with E-state index in [9.17, 15) is 14.4 Å². The van der Waals surface area contributed by atoms with Crippen LogP contribution in [0.25, 0.3) is 0 Å². The van der Waals surface area contributed by atoms with Crippen LogP contribution in [0, 0.1) is 13.8 Å². The molecule has 0 fully saturated rings. The minimum Gasteiger partial charge on any atom is -0.478 e. The number of aromatic nitrogens is 2. The van der Waals surface area contributed by atoms with Gasteiger partial charge in [-0.05, 0) is 43.5 Å². The fraction of sp³-hybridized carbons (Fsp3) is 0.250. The van der Waals surface area contributed by atoms with Crippen molar-refractivity contribution in [3.63, 3.8) is 0 Å². The maximum atomic E-state index is 12.1. The summed E-state index contributed by atoms with van der Waals surface area (Å²) < 4.78 is 0. The predicted octanol–water partition coefficient (Wildman–Crippen LogP) is 1.06. The zero-order chi connectivity index (χ0) is 17.0. The quantitative estimate of drug-likeness (QED) is 0.763. The molecule has 23 heavy (non-hydrogen) atoms. The van der Waals surface area contributed by atoms with Gasteiger partial charge in [-0.25, -0.2) is 9.89 Å². The zero-order valence-corrected chi connectivity index (χ0v) is 12.8. The Morgan fingerprint density at radius 2 is 1.87 bits per heavy atom. The molecule has 120 valence electrons. The van der Waals surface area contributed by atoms with Crippen LogP contribution in [0.15, 0.2) is 29.1 Å². The molecule has 3 N–H and O–H groups in total. The van der Waals surface area contributed by atoms with Gasteiger partial charge in [0.25, 0.3) is 11.5 Å². The summed E-state index contributed by atoms with van der Waals surface area (Å²) in [5.41, 5.74) is 1.81. The maximum absolute atomic E-state index is 12.1. The number of hydrogen-bond donors (Lipinski definition) is 3. The van der Waals surface area contributed by atoms with Crippen molar-refractivity contribution < 1.29 is 14.7 Å². The van der Waals surface area contributed by atoms with Crippen molar-refractivity contribution >= 4 is 11.9 Å². The summed E-state index contributed by atoms with van der Waals surface area (Å²) in [5.74, 6) is -1.43. The van der Waals surface area contributed by atoms with Crippen molar-refractivity contribution in [1.29, 1.82) is 0 Å². The standard InChI is InChI=1S/C16H17N3O4/c1-9-10(2)18-19-15(21)13(9)14(20)17-8-7-11-3-5-12(6-4-11)16(22)23/h3-6H,7-8H2,1-2H3,(H,17,20)(H,19,21)(H,22,23). The first-order chi connectivity index (χ1) is 10.9. The number of rotatable bonds is 5. The summed E-state index contributed by atoms with van der Waals surface area (Å²) in [7, 11) is 0. The van der Waals surface area contributed by atoms with Crippen LogP contribution in [0.1, 0.15) is 37.5 Å². The highest BCUT2D eigenvalue weighted by Gasteiger charge is 2.15. The van der Waals surface area contributed by atoms with Crippen LogP contribution in [0.2, 0.25) is 0 Å². The second-order valence-corrected chi connectivity index (χ2v) is 5.15. The van der Waals surface area contributed by atoms with Gasteiger partial charge in [-0.15, -0.1) is 0 Å². The van der Waals surface area contributed by atoms with E-state index in [4.69, 9.17) is 5.11 Å². The monoisotopic (exact) mass is 315 g/mol. The fourth-order valence-corrected chi connectivity index (χ4v) is 2.12. The number of nitrogens with zero attached hydrogens (tertiary/aromatic N) is 1. The van der Waals surface area contributed by atoms with Crippen molar-refractivity contribution in [2.75, 3.05) is 6.54 Å². The van der Waals surface area contributed by atoms with Crippen LogP contribution < -0.4 is 10.9 Å². The second kappa shape index (κ2) is 6.87. The van der Waals surface area contributed by atoms with Crippen molar-refractivity contribution in [2.45, 2.75) is 20.3 Å². The van der Waals surface area contributed by atoms with Gasteiger partial charge in [0.2, 0.25) is 0 Å². The van der Waals surface area contributed by atoms with Crippen LogP contribution in [0.3, 0.4) is 0 Å². The van der Waals surface area contributed by atoms with Crippen LogP contribution in [-0.4, -0.2) is 33.7 Å². The molecule has 0 bridgehead atoms.